The molecule has 0 aromatic heterocycles. The van der Waals surface area contributed by atoms with Gasteiger partial charge in [0.05, 0.1) is 13.7 Å². The van der Waals surface area contributed by atoms with Gasteiger partial charge in [-0.2, -0.15) is 13.2 Å². The minimum atomic E-state index is -5.69. The lowest BCUT2D eigenvalue weighted by Crippen LogP contribution is -2.39. The number of hydrogen-bond acceptors (Lipinski definition) is 5. The first-order chi connectivity index (χ1) is 11.7. The van der Waals surface area contributed by atoms with Crippen LogP contribution in [0.5, 0.6) is 0 Å². The van der Waals surface area contributed by atoms with E-state index in [2.05, 4.69) is 10.2 Å². The molecule has 0 heterocycles. The zero-order valence-corrected chi connectivity index (χ0v) is 15.9. The Kier molecular flexibility index (Phi) is 6.91. The topological polar surface area (TPSA) is 84.9 Å². The number of sulfonamides is 1. The van der Waals surface area contributed by atoms with Crippen molar-refractivity contribution in [2.45, 2.75) is 38.4 Å². The van der Waals surface area contributed by atoms with Crippen LogP contribution < -0.4 is 5.32 Å². The van der Waals surface area contributed by atoms with Crippen LogP contribution in [0, 0.1) is 0 Å². The van der Waals surface area contributed by atoms with Gasteiger partial charge < -0.3 is 4.74 Å². The Balaban J connectivity index is 2.95. The van der Waals surface area contributed by atoms with Gasteiger partial charge >= 0.3 is 21.6 Å². The Labute approximate surface area is 154 Å². The molecule has 26 heavy (non-hydrogen) atoms. The highest BCUT2D eigenvalue weighted by atomic mass is 35.5. The van der Waals surface area contributed by atoms with Crippen LogP contribution in [0.2, 0.25) is 5.02 Å². The van der Waals surface area contributed by atoms with Crippen molar-refractivity contribution < 1.29 is 36.0 Å². The molecule has 1 aromatic carbocycles. The summed E-state index contributed by atoms with van der Waals surface area (Å²) in [4.78, 5) is 16.0. The predicted octanol–water partition coefficient (Wildman–Crippen LogP) is 3.90. The van der Waals surface area contributed by atoms with Crippen LogP contribution in [-0.4, -0.2) is 37.2 Å². The fourth-order valence-corrected chi connectivity index (χ4v) is 2.65. The SMILES string of the molecule is CON(Cc1ccc(NC(=O)OC(C)(C)C)cc1Cl)S(=O)(=O)C(F)(F)F. The van der Waals surface area contributed by atoms with Crippen molar-refractivity contribution >= 4 is 33.4 Å². The first-order valence-corrected chi connectivity index (χ1v) is 8.90. The predicted molar refractivity (Wildman–Crippen MR) is 88.8 cm³/mol. The molecule has 0 radical (unpaired) electrons. The van der Waals surface area contributed by atoms with Crippen LogP contribution in [-0.2, 0) is 26.1 Å². The quantitative estimate of drug-likeness (QED) is 0.733. The number of nitrogens with zero attached hydrogens (tertiary/aromatic N) is 1. The van der Waals surface area contributed by atoms with Gasteiger partial charge in [0.15, 0.2) is 0 Å². The van der Waals surface area contributed by atoms with E-state index < -0.39 is 33.8 Å². The van der Waals surface area contributed by atoms with E-state index in [9.17, 15) is 26.4 Å². The number of hydrogen-bond donors (Lipinski definition) is 1. The first kappa shape index (κ1) is 22.5. The maximum Gasteiger partial charge on any atom is 0.513 e. The number of rotatable bonds is 5. The number of amides is 1. The lowest BCUT2D eigenvalue weighted by Gasteiger charge is -2.22. The summed E-state index contributed by atoms with van der Waals surface area (Å²) < 4.78 is 65.5. The maximum atomic E-state index is 12.6. The molecule has 0 spiro atoms. The Morgan fingerprint density at radius 2 is 1.85 bits per heavy atom. The Hall–Kier alpha value is -1.56. The summed E-state index contributed by atoms with van der Waals surface area (Å²) in [6, 6.07) is 3.83. The zero-order valence-electron chi connectivity index (χ0n) is 14.3. The Bertz CT molecular complexity index is 763. The average Bonchev–Trinajstić information content (AvgIpc) is 2.42. The van der Waals surface area contributed by atoms with E-state index in [1.54, 1.807) is 20.8 Å². The van der Waals surface area contributed by atoms with E-state index in [1.807, 2.05) is 0 Å². The van der Waals surface area contributed by atoms with Crippen LogP contribution in [0.4, 0.5) is 23.7 Å². The second-order valence-corrected chi connectivity index (χ2v) is 8.25. The fraction of sp³-hybridized carbons (Fsp3) is 0.500. The van der Waals surface area contributed by atoms with Gasteiger partial charge in [-0.25, -0.2) is 13.2 Å². The highest BCUT2D eigenvalue weighted by Crippen LogP contribution is 2.30. The number of anilines is 1. The molecule has 0 atom stereocenters. The van der Waals surface area contributed by atoms with E-state index in [1.165, 1.54) is 18.2 Å². The van der Waals surface area contributed by atoms with Crippen molar-refractivity contribution in [3.05, 3.63) is 28.8 Å². The van der Waals surface area contributed by atoms with Crippen molar-refractivity contribution in [1.29, 1.82) is 0 Å². The molecule has 0 fully saturated rings. The fourth-order valence-electron chi connectivity index (χ4n) is 1.68. The van der Waals surface area contributed by atoms with Crippen LogP contribution in [0.25, 0.3) is 0 Å². The molecule has 12 heteroatoms. The van der Waals surface area contributed by atoms with Crippen molar-refractivity contribution in [3.63, 3.8) is 0 Å². The van der Waals surface area contributed by atoms with Crippen LogP contribution in [0.3, 0.4) is 0 Å². The summed E-state index contributed by atoms with van der Waals surface area (Å²) in [5.41, 5.74) is -5.99. The van der Waals surface area contributed by atoms with Gasteiger partial charge in [-0.3, -0.25) is 10.2 Å². The third kappa shape index (κ3) is 6.01. The molecule has 0 aliphatic heterocycles. The second-order valence-electron chi connectivity index (χ2n) is 6.03. The number of carbonyl (C=O) groups is 1. The monoisotopic (exact) mass is 418 g/mol. The minimum Gasteiger partial charge on any atom is -0.444 e. The van der Waals surface area contributed by atoms with Crippen LogP contribution in [0.15, 0.2) is 18.2 Å². The van der Waals surface area contributed by atoms with Gasteiger partial charge in [-0.05, 0) is 38.5 Å². The smallest absolute Gasteiger partial charge is 0.444 e. The molecule has 7 nitrogen and oxygen atoms in total. The van der Waals surface area contributed by atoms with Crippen molar-refractivity contribution in [3.8, 4) is 0 Å². The van der Waals surface area contributed by atoms with E-state index in [0.29, 0.717) is 0 Å². The summed E-state index contributed by atoms with van der Waals surface area (Å²) in [6.07, 6.45) is -0.750. The third-order valence-electron chi connectivity index (χ3n) is 2.76. The summed E-state index contributed by atoms with van der Waals surface area (Å²) in [5, 5.41) is 2.33. The first-order valence-electron chi connectivity index (χ1n) is 7.09. The van der Waals surface area contributed by atoms with Crippen molar-refractivity contribution in [1.82, 2.24) is 4.47 Å². The average molecular weight is 419 g/mol. The molecule has 148 valence electrons. The number of nitrogens with one attached hydrogen (secondary N) is 1. The van der Waals surface area contributed by atoms with E-state index in [4.69, 9.17) is 16.3 Å². The molecule has 1 N–H and O–H groups in total. The zero-order chi connectivity index (χ0) is 20.3. The van der Waals surface area contributed by atoms with Crippen molar-refractivity contribution in [2.75, 3.05) is 12.4 Å². The standard InChI is InChI=1S/C14H18ClF3N2O5S/c1-13(2,3)25-12(21)19-10-6-5-9(11(15)7-10)8-20(24-4)26(22,23)14(16,17)18/h5-7H,8H2,1-4H3,(H,19,21). The number of alkyl halides is 3. The Morgan fingerprint density at radius 1 is 1.27 bits per heavy atom. The van der Waals surface area contributed by atoms with Crippen LogP contribution in [0.1, 0.15) is 26.3 Å². The second kappa shape index (κ2) is 7.99. The summed E-state index contributed by atoms with van der Waals surface area (Å²) in [7, 11) is -4.90. The summed E-state index contributed by atoms with van der Waals surface area (Å²) in [5.74, 6) is 0. The van der Waals surface area contributed by atoms with Gasteiger partial charge in [-0.15, -0.1) is 0 Å². The summed E-state index contributed by atoms with van der Waals surface area (Å²) in [6.45, 7) is 4.24. The van der Waals surface area contributed by atoms with E-state index >= 15 is 0 Å². The van der Waals surface area contributed by atoms with E-state index in [0.717, 1.165) is 7.11 Å². The summed E-state index contributed by atoms with van der Waals surface area (Å²) >= 11 is 5.96. The molecule has 0 saturated carbocycles. The molecule has 1 rings (SSSR count). The third-order valence-corrected chi connectivity index (χ3v) is 4.51. The molecule has 0 bridgehead atoms. The van der Waals surface area contributed by atoms with Gasteiger partial charge in [0.2, 0.25) is 0 Å². The molecular formula is C14H18ClF3N2O5S. The normalized spacial score (nSPS) is 13.0. The lowest BCUT2D eigenvalue weighted by atomic mass is 10.2. The maximum absolute atomic E-state index is 12.6. The van der Waals surface area contributed by atoms with Gasteiger partial charge in [-0.1, -0.05) is 22.1 Å². The van der Waals surface area contributed by atoms with Crippen molar-refractivity contribution in [2.24, 2.45) is 0 Å². The lowest BCUT2D eigenvalue weighted by molar-refractivity contribution is -0.0968. The minimum absolute atomic E-state index is 0.0380. The highest BCUT2D eigenvalue weighted by molar-refractivity contribution is 7.89. The molecule has 0 saturated heterocycles. The highest BCUT2D eigenvalue weighted by Gasteiger charge is 2.50. The van der Waals surface area contributed by atoms with Crippen LogP contribution >= 0.6 is 11.6 Å². The largest absolute Gasteiger partial charge is 0.513 e. The molecule has 1 aromatic rings. The van der Waals surface area contributed by atoms with Gasteiger partial charge in [0.1, 0.15) is 5.60 Å². The number of hydroxylamine groups is 1. The van der Waals surface area contributed by atoms with E-state index in [-0.39, 0.29) is 20.7 Å². The molecule has 0 aliphatic carbocycles. The van der Waals surface area contributed by atoms with Gasteiger partial charge in [0.25, 0.3) is 0 Å². The molecule has 0 aliphatic rings. The number of carbonyl (C=O) groups excluding carboxylic acids is 1. The molecular weight excluding hydrogens is 401 g/mol. The molecule has 1 amide bonds. The Morgan fingerprint density at radius 3 is 2.27 bits per heavy atom. The number of benzene rings is 1. The van der Waals surface area contributed by atoms with Gasteiger partial charge in [0, 0.05) is 10.7 Å². The number of halogens is 4. The molecule has 0 unspecified atom stereocenters. The number of ether oxygens (including phenoxy) is 1.